The molecule has 44 heavy (non-hydrogen) atoms. The summed E-state index contributed by atoms with van der Waals surface area (Å²) in [4.78, 5) is 14.7. The third kappa shape index (κ3) is 6.32. The fraction of sp³-hybridized carbons (Fsp3) is 0.345. The van der Waals surface area contributed by atoms with Crippen LogP contribution in [0.5, 0.6) is 5.75 Å². The molecule has 2 heterocycles. The summed E-state index contributed by atoms with van der Waals surface area (Å²) >= 11 is 0. The summed E-state index contributed by atoms with van der Waals surface area (Å²) in [6.45, 7) is 5.89. The molecule has 15 heteroatoms. The predicted octanol–water partition coefficient (Wildman–Crippen LogP) is 4.93. The van der Waals surface area contributed by atoms with Gasteiger partial charge >= 0.3 is 16.4 Å². The second kappa shape index (κ2) is 11.8. The van der Waals surface area contributed by atoms with Gasteiger partial charge in [-0.25, -0.2) is 26.3 Å². The third-order valence-electron chi connectivity index (χ3n) is 7.60. The van der Waals surface area contributed by atoms with Crippen LogP contribution < -0.4 is 13.2 Å². The highest BCUT2D eigenvalue weighted by molar-refractivity contribution is 7.93. The fourth-order valence-corrected chi connectivity index (χ4v) is 11.4. The van der Waals surface area contributed by atoms with E-state index in [1.54, 1.807) is 48.5 Å². The van der Waals surface area contributed by atoms with E-state index < -0.39 is 63.6 Å². The van der Waals surface area contributed by atoms with E-state index in [0.717, 1.165) is 22.5 Å². The molecule has 0 radical (unpaired) electrons. The summed E-state index contributed by atoms with van der Waals surface area (Å²) in [5.41, 5.74) is -0.633. The van der Waals surface area contributed by atoms with Gasteiger partial charge in [0.15, 0.2) is 11.6 Å². The van der Waals surface area contributed by atoms with Crippen LogP contribution >= 0.6 is 0 Å². The number of ether oxygens (including phenoxy) is 1. The summed E-state index contributed by atoms with van der Waals surface area (Å²) in [6, 6.07) is 18.3. The van der Waals surface area contributed by atoms with Gasteiger partial charge in [0, 0.05) is 20.2 Å². The highest BCUT2D eigenvalue weighted by atomic mass is 32.2. The molecule has 3 aromatic rings. The zero-order valence-electron chi connectivity index (χ0n) is 24.4. The second-order valence-electron chi connectivity index (χ2n) is 12.0. The molecule has 0 unspecified atom stereocenters. The Morgan fingerprint density at radius 2 is 1.59 bits per heavy atom. The summed E-state index contributed by atoms with van der Waals surface area (Å²) in [5.74, 6) is -3.87. The van der Waals surface area contributed by atoms with Crippen molar-refractivity contribution in [2.24, 2.45) is 0 Å². The lowest BCUT2D eigenvalue weighted by Gasteiger charge is -2.37. The van der Waals surface area contributed by atoms with Crippen LogP contribution in [-0.4, -0.2) is 54.4 Å². The van der Waals surface area contributed by atoms with Crippen LogP contribution in [0.4, 0.5) is 19.3 Å². The van der Waals surface area contributed by atoms with Crippen LogP contribution in [-0.2, 0) is 37.2 Å². The van der Waals surface area contributed by atoms with Crippen LogP contribution in [0.1, 0.15) is 17.5 Å². The molecular formula is C29H33F2N3O7S2Si. The number of fused-ring (bicyclic) bond motifs is 3. The minimum Gasteiger partial charge on any atom is -0.444 e. The molecule has 0 spiro atoms. The molecule has 1 amide bonds. The molecule has 10 nitrogen and oxygen atoms in total. The van der Waals surface area contributed by atoms with Crippen molar-refractivity contribution in [3.05, 3.63) is 95.6 Å². The Kier molecular flexibility index (Phi) is 8.52. The standard InChI is InChI=1S/C29H33F2N3O7S2Si/c1-44(2,3)19-18-42(36,37)34-25-15-8-7-12-22(25)29(32-43(38,39)41-26-23(30)13-9-14-24(26)31)16-17-33(27(29)34)28(35)40-20-21-10-5-4-6-11-21/h4-15,27,32H,16-20H2,1-3H3/t27-,29-/m0/s1. The number of rotatable bonds is 10. The molecule has 2 aliphatic heterocycles. The smallest absolute Gasteiger partial charge is 0.411 e. The number of amides is 1. The van der Waals surface area contributed by atoms with Gasteiger partial charge in [-0.05, 0) is 36.2 Å². The van der Waals surface area contributed by atoms with Crippen LogP contribution in [0.2, 0.25) is 25.7 Å². The largest absolute Gasteiger partial charge is 0.444 e. The van der Waals surface area contributed by atoms with Crippen LogP contribution in [0, 0.1) is 11.6 Å². The molecule has 5 rings (SSSR count). The first-order chi connectivity index (χ1) is 20.6. The molecule has 1 N–H and O–H groups in total. The monoisotopic (exact) mass is 665 g/mol. The minimum absolute atomic E-state index is 0.0858. The van der Waals surface area contributed by atoms with Gasteiger partial charge in [0.05, 0.1) is 11.4 Å². The molecule has 1 fully saturated rings. The highest BCUT2D eigenvalue weighted by Crippen LogP contribution is 2.52. The average molecular weight is 666 g/mol. The maximum absolute atomic E-state index is 14.4. The molecule has 0 aliphatic carbocycles. The van der Waals surface area contributed by atoms with Crippen LogP contribution in [0.15, 0.2) is 72.8 Å². The van der Waals surface area contributed by atoms with E-state index in [9.17, 15) is 30.4 Å². The van der Waals surface area contributed by atoms with Gasteiger partial charge < -0.3 is 8.92 Å². The van der Waals surface area contributed by atoms with E-state index in [-0.39, 0.29) is 36.6 Å². The number of sulfonamides is 1. The molecule has 2 aliphatic rings. The fourth-order valence-electron chi connectivity index (χ4n) is 5.49. The van der Waals surface area contributed by atoms with E-state index in [4.69, 9.17) is 8.92 Å². The number of hydrogen-bond donors (Lipinski definition) is 1. The Hall–Kier alpha value is -3.53. The zero-order valence-corrected chi connectivity index (χ0v) is 27.0. The number of carbonyl (C=O) groups is 1. The number of nitrogens with zero attached hydrogens (tertiary/aromatic N) is 2. The molecule has 0 bridgehead atoms. The van der Waals surface area contributed by atoms with Crippen molar-refractivity contribution in [2.75, 3.05) is 16.6 Å². The maximum atomic E-state index is 14.4. The van der Waals surface area contributed by atoms with Crippen molar-refractivity contribution in [1.29, 1.82) is 0 Å². The molecule has 1 saturated heterocycles. The van der Waals surface area contributed by atoms with E-state index >= 15 is 0 Å². The minimum atomic E-state index is -5.00. The predicted molar refractivity (Wildman–Crippen MR) is 163 cm³/mol. The van der Waals surface area contributed by atoms with E-state index in [1.807, 2.05) is 19.6 Å². The quantitative estimate of drug-likeness (QED) is 0.305. The van der Waals surface area contributed by atoms with Gasteiger partial charge in [-0.2, -0.15) is 13.1 Å². The number of nitrogens with one attached hydrogen (secondary N) is 1. The molecular weight excluding hydrogens is 633 g/mol. The first-order valence-electron chi connectivity index (χ1n) is 13.9. The van der Waals surface area contributed by atoms with Gasteiger partial charge in [0.25, 0.3) is 0 Å². The van der Waals surface area contributed by atoms with Crippen molar-refractivity contribution in [2.45, 2.75) is 50.4 Å². The summed E-state index contributed by atoms with van der Waals surface area (Å²) in [5, 5.41) is 0. The first-order valence-corrected chi connectivity index (χ1v) is 20.6. The number of carbonyl (C=O) groups excluding carboxylic acids is 1. The van der Waals surface area contributed by atoms with Crippen molar-refractivity contribution in [1.82, 2.24) is 9.62 Å². The lowest BCUT2D eigenvalue weighted by molar-refractivity contribution is 0.0883. The molecule has 0 saturated carbocycles. The number of likely N-dealkylation sites (tertiary alicyclic amines) is 1. The number of benzene rings is 3. The SMILES string of the molecule is C[Si](C)(C)CCS(=O)(=O)N1c2ccccc2[C@@]2(NS(=O)(=O)Oc3c(F)cccc3F)CCN(C(=O)OCc3ccccc3)[C@@H]12. The topological polar surface area (TPSA) is 122 Å². The molecule has 0 aromatic heterocycles. The molecule has 3 aromatic carbocycles. The number of anilines is 1. The van der Waals surface area contributed by atoms with Gasteiger partial charge in [0.1, 0.15) is 18.3 Å². The Morgan fingerprint density at radius 3 is 2.25 bits per heavy atom. The Bertz CT molecular complexity index is 1750. The normalized spacial score (nSPS) is 19.9. The summed E-state index contributed by atoms with van der Waals surface area (Å²) in [7, 11) is -11.0. The maximum Gasteiger partial charge on any atom is 0.411 e. The van der Waals surface area contributed by atoms with E-state index in [0.29, 0.717) is 11.6 Å². The van der Waals surface area contributed by atoms with Crippen molar-refractivity contribution in [3.8, 4) is 5.75 Å². The zero-order chi connectivity index (χ0) is 31.9. The summed E-state index contributed by atoms with van der Waals surface area (Å²) < 4.78 is 97.7. The lowest BCUT2D eigenvalue weighted by atomic mass is 9.90. The van der Waals surface area contributed by atoms with E-state index in [2.05, 4.69) is 4.72 Å². The highest BCUT2D eigenvalue weighted by Gasteiger charge is 2.63. The van der Waals surface area contributed by atoms with Gasteiger partial charge in [0.2, 0.25) is 15.8 Å². The second-order valence-corrected chi connectivity index (χ2v) is 20.8. The number of halogens is 2. The molecule has 2 atom stereocenters. The molecule has 236 valence electrons. The average Bonchev–Trinajstić information content (AvgIpc) is 3.45. The first kappa shape index (κ1) is 31.9. The van der Waals surface area contributed by atoms with Crippen LogP contribution in [0.25, 0.3) is 0 Å². The van der Waals surface area contributed by atoms with Crippen molar-refractivity contribution >= 4 is 40.2 Å². The third-order valence-corrected chi connectivity index (χ3v) is 12.4. The van der Waals surface area contributed by atoms with Gasteiger partial charge in [-0.15, -0.1) is 0 Å². The van der Waals surface area contributed by atoms with Gasteiger partial charge in [-0.1, -0.05) is 74.2 Å². The Morgan fingerprint density at radius 1 is 0.955 bits per heavy atom. The number of para-hydroxylation sites is 2. The van der Waals surface area contributed by atoms with Crippen molar-refractivity contribution < 1.29 is 39.3 Å². The Labute approximate surface area is 256 Å². The summed E-state index contributed by atoms with van der Waals surface area (Å²) in [6.07, 6.45) is -2.38. The van der Waals surface area contributed by atoms with E-state index in [1.165, 1.54) is 11.0 Å². The van der Waals surface area contributed by atoms with Gasteiger partial charge in [-0.3, -0.25) is 4.90 Å². The Balaban J connectivity index is 1.57. The van der Waals surface area contributed by atoms with Crippen molar-refractivity contribution in [3.63, 3.8) is 0 Å². The number of hydrogen-bond acceptors (Lipinski definition) is 7. The lowest BCUT2D eigenvalue weighted by Crippen LogP contribution is -2.60. The van der Waals surface area contributed by atoms with Crippen LogP contribution in [0.3, 0.4) is 0 Å².